The minimum atomic E-state index is 0.0865. The number of aromatic nitrogens is 1. The molecule has 1 aromatic carbocycles. The molecule has 2 aliphatic heterocycles. The van der Waals surface area contributed by atoms with Crippen molar-refractivity contribution in [3.05, 3.63) is 59.3 Å². The largest absolute Gasteiger partial charge is 0.383 e. The van der Waals surface area contributed by atoms with Crippen LogP contribution in [0.2, 0.25) is 0 Å². The Morgan fingerprint density at radius 3 is 2.66 bits per heavy atom. The van der Waals surface area contributed by atoms with Gasteiger partial charge in [-0.2, -0.15) is 0 Å². The molecular weight excluding hydrogens is 364 g/mol. The van der Waals surface area contributed by atoms with Crippen LogP contribution in [0.25, 0.3) is 0 Å². The number of hydrogen-bond donors (Lipinski definition) is 1. The van der Waals surface area contributed by atoms with Crippen molar-refractivity contribution in [3.8, 4) is 0 Å². The van der Waals surface area contributed by atoms with Crippen molar-refractivity contribution in [1.29, 1.82) is 0 Å². The van der Waals surface area contributed by atoms with Crippen LogP contribution >= 0.6 is 0 Å². The lowest BCUT2D eigenvalue weighted by molar-refractivity contribution is 0.0599. The summed E-state index contributed by atoms with van der Waals surface area (Å²) < 4.78 is 5.02. The number of nitrogens with zero attached hydrogens (tertiary/aromatic N) is 3. The normalized spacial score (nSPS) is 17.8. The molecule has 4 rings (SSSR count). The van der Waals surface area contributed by atoms with Gasteiger partial charge in [0.2, 0.25) is 0 Å². The first kappa shape index (κ1) is 19.9. The molecule has 0 aliphatic carbocycles. The fourth-order valence-electron chi connectivity index (χ4n) is 4.35. The SMILES string of the molecule is COCCNc1ccc(C(=O)N2CCC(N3CCc4ccccc4C3)CC2)cn1. The van der Waals surface area contributed by atoms with E-state index in [1.54, 1.807) is 13.3 Å². The third-order valence-corrected chi connectivity index (χ3v) is 6.05. The molecule has 0 radical (unpaired) electrons. The smallest absolute Gasteiger partial charge is 0.255 e. The van der Waals surface area contributed by atoms with Gasteiger partial charge in [0.05, 0.1) is 12.2 Å². The molecule has 6 heteroatoms. The Morgan fingerprint density at radius 1 is 1.14 bits per heavy atom. The molecule has 1 N–H and O–H groups in total. The number of hydrogen-bond acceptors (Lipinski definition) is 5. The van der Waals surface area contributed by atoms with E-state index in [0.717, 1.165) is 51.3 Å². The van der Waals surface area contributed by atoms with Gasteiger partial charge in [-0.25, -0.2) is 4.98 Å². The van der Waals surface area contributed by atoms with Gasteiger partial charge in [-0.3, -0.25) is 9.69 Å². The summed E-state index contributed by atoms with van der Waals surface area (Å²) in [6, 6.07) is 13.1. The Hall–Kier alpha value is -2.44. The van der Waals surface area contributed by atoms with Crippen LogP contribution in [0.4, 0.5) is 5.82 Å². The summed E-state index contributed by atoms with van der Waals surface area (Å²) in [6.45, 7) is 5.11. The molecule has 29 heavy (non-hydrogen) atoms. The lowest BCUT2D eigenvalue weighted by Crippen LogP contribution is -2.48. The number of nitrogens with one attached hydrogen (secondary N) is 1. The summed E-state index contributed by atoms with van der Waals surface area (Å²) in [7, 11) is 1.67. The van der Waals surface area contributed by atoms with E-state index in [4.69, 9.17) is 4.74 Å². The molecular formula is C23H30N4O2. The average molecular weight is 395 g/mol. The van der Waals surface area contributed by atoms with Crippen molar-refractivity contribution >= 4 is 11.7 Å². The minimum Gasteiger partial charge on any atom is -0.383 e. The predicted molar refractivity (Wildman–Crippen MR) is 114 cm³/mol. The number of carbonyl (C=O) groups is 1. The van der Waals surface area contributed by atoms with E-state index >= 15 is 0 Å². The number of amides is 1. The van der Waals surface area contributed by atoms with Crippen LogP contribution in [0, 0.1) is 0 Å². The van der Waals surface area contributed by atoms with Crippen molar-refractivity contribution in [2.45, 2.75) is 31.8 Å². The Labute approximate surface area is 172 Å². The van der Waals surface area contributed by atoms with Crippen LogP contribution in [0.15, 0.2) is 42.6 Å². The molecule has 154 valence electrons. The van der Waals surface area contributed by atoms with E-state index in [0.29, 0.717) is 24.8 Å². The minimum absolute atomic E-state index is 0.0865. The maximum atomic E-state index is 12.8. The monoisotopic (exact) mass is 394 g/mol. The Morgan fingerprint density at radius 2 is 1.93 bits per heavy atom. The van der Waals surface area contributed by atoms with Gasteiger partial charge in [-0.15, -0.1) is 0 Å². The molecule has 0 atom stereocenters. The fraction of sp³-hybridized carbons (Fsp3) is 0.478. The predicted octanol–water partition coefficient (Wildman–Crippen LogP) is 2.80. The van der Waals surface area contributed by atoms with Crippen LogP contribution in [-0.4, -0.2) is 66.6 Å². The number of piperidine rings is 1. The zero-order valence-corrected chi connectivity index (χ0v) is 17.1. The first-order valence-corrected chi connectivity index (χ1v) is 10.5. The summed E-state index contributed by atoms with van der Waals surface area (Å²) >= 11 is 0. The molecule has 0 saturated carbocycles. The summed E-state index contributed by atoms with van der Waals surface area (Å²) in [5.41, 5.74) is 3.61. The van der Waals surface area contributed by atoms with Gasteiger partial charge >= 0.3 is 0 Å². The Kier molecular flexibility index (Phi) is 6.42. The summed E-state index contributed by atoms with van der Waals surface area (Å²) in [4.78, 5) is 21.8. The highest BCUT2D eigenvalue weighted by Crippen LogP contribution is 2.25. The standard InChI is InChI=1S/C23H30N4O2/c1-29-15-11-24-22-7-6-19(16-25-22)23(28)26-13-9-21(10-14-26)27-12-8-18-4-2-3-5-20(18)17-27/h2-7,16,21H,8-15,17H2,1H3,(H,24,25). The molecule has 0 spiro atoms. The van der Waals surface area contributed by atoms with Gasteiger partial charge < -0.3 is 15.0 Å². The second-order valence-electron chi connectivity index (χ2n) is 7.86. The number of carbonyl (C=O) groups excluding carboxylic acids is 1. The van der Waals surface area contributed by atoms with Crippen molar-refractivity contribution < 1.29 is 9.53 Å². The first-order valence-electron chi connectivity index (χ1n) is 10.5. The van der Waals surface area contributed by atoms with E-state index in [1.165, 1.54) is 11.1 Å². The topological polar surface area (TPSA) is 57.7 Å². The Bertz CT molecular complexity index is 816. The number of benzene rings is 1. The molecule has 1 fully saturated rings. The lowest BCUT2D eigenvalue weighted by Gasteiger charge is -2.40. The van der Waals surface area contributed by atoms with E-state index in [1.807, 2.05) is 17.0 Å². The summed E-state index contributed by atoms with van der Waals surface area (Å²) in [5.74, 6) is 0.853. The third-order valence-electron chi connectivity index (χ3n) is 6.05. The first-order chi connectivity index (χ1) is 14.2. The second kappa shape index (κ2) is 9.37. The summed E-state index contributed by atoms with van der Waals surface area (Å²) in [5, 5.41) is 3.17. The van der Waals surface area contributed by atoms with Crippen LogP contribution < -0.4 is 5.32 Å². The highest BCUT2D eigenvalue weighted by Gasteiger charge is 2.29. The number of fused-ring (bicyclic) bond motifs is 1. The molecule has 0 unspecified atom stereocenters. The number of rotatable bonds is 6. The average Bonchev–Trinajstić information content (AvgIpc) is 2.79. The van der Waals surface area contributed by atoms with Crippen molar-refractivity contribution in [1.82, 2.24) is 14.8 Å². The highest BCUT2D eigenvalue weighted by molar-refractivity contribution is 5.94. The van der Waals surface area contributed by atoms with Gasteiger partial charge in [0, 0.05) is 52.1 Å². The molecule has 0 bridgehead atoms. The summed E-state index contributed by atoms with van der Waals surface area (Å²) in [6.07, 6.45) is 4.88. The highest BCUT2D eigenvalue weighted by atomic mass is 16.5. The van der Waals surface area contributed by atoms with Gasteiger partial charge in [-0.05, 0) is 42.5 Å². The molecule has 2 aliphatic rings. The number of anilines is 1. The van der Waals surface area contributed by atoms with Gasteiger partial charge in [0.1, 0.15) is 5.82 Å². The van der Waals surface area contributed by atoms with E-state index < -0.39 is 0 Å². The van der Waals surface area contributed by atoms with Crippen molar-refractivity contribution in [3.63, 3.8) is 0 Å². The van der Waals surface area contributed by atoms with Gasteiger partial charge in [-0.1, -0.05) is 24.3 Å². The number of ether oxygens (including phenoxy) is 1. The van der Waals surface area contributed by atoms with Crippen molar-refractivity contribution in [2.24, 2.45) is 0 Å². The van der Waals surface area contributed by atoms with Gasteiger partial charge in [0.25, 0.3) is 5.91 Å². The molecule has 1 saturated heterocycles. The molecule has 1 aromatic heterocycles. The lowest BCUT2D eigenvalue weighted by atomic mass is 9.95. The fourth-order valence-corrected chi connectivity index (χ4v) is 4.35. The van der Waals surface area contributed by atoms with Crippen LogP contribution in [-0.2, 0) is 17.7 Å². The molecule has 1 amide bonds. The molecule has 3 heterocycles. The van der Waals surface area contributed by atoms with Crippen LogP contribution in [0.5, 0.6) is 0 Å². The zero-order valence-electron chi connectivity index (χ0n) is 17.1. The van der Waals surface area contributed by atoms with E-state index in [-0.39, 0.29) is 5.91 Å². The van der Waals surface area contributed by atoms with E-state index in [2.05, 4.69) is 39.5 Å². The maximum Gasteiger partial charge on any atom is 0.255 e. The maximum absolute atomic E-state index is 12.8. The van der Waals surface area contributed by atoms with E-state index in [9.17, 15) is 4.79 Å². The van der Waals surface area contributed by atoms with Gasteiger partial charge in [0.15, 0.2) is 0 Å². The molecule has 6 nitrogen and oxygen atoms in total. The van der Waals surface area contributed by atoms with Crippen LogP contribution in [0.3, 0.4) is 0 Å². The van der Waals surface area contributed by atoms with Crippen molar-refractivity contribution in [2.75, 3.05) is 45.2 Å². The van der Waals surface area contributed by atoms with Crippen LogP contribution in [0.1, 0.15) is 34.3 Å². The third kappa shape index (κ3) is 4.77. The Balaban J connectivity index is 1.29. The number of likely N-dealkylation sites (tertiary alicyclic amines) is 1. The quantitative estimate of drug-likeness (QED) is 0.764. The second-order valence-corrected chi connectivity index (χ2v) is 7.86. The zero-order chi connectivity index (χ0) is 20.1. The molecule has 2 aromatic rings. The number of pyridine rings is 1. The number of methoxy groups -OCH3 is 1.